The van der Waals surface area contributed by atoms with E-state index in [1.54, 1.807) is 4.90 Å². The van der Waals surface area contributed by atoms with Crippen LogP contribution in [0.1, 0.15) is 52.4 Å². The van der Waals surface area contributed by atoms with Crippen molar-refractivity contribution in [3.05, 3.63) is 70.3 Å². The monoisotopic (exact) mass is 419 g/mol. The fourth-order valence-electron chi connectivity index (χ4n) is 4.68. The maximum atomic E-state index is 12.7. The first kappa shape index (κ1) is 21.6. The molecule has 0 bridgehead atoms. The molecule has 2 aromatic carbocycles. The lowest BCUT2D eigenvalue weighted by atomic mass is 9.95. The Morgan fingerprint density at radius 3 is 2.61 bits per heavy atom. The molecule has 4 rings (SSSR count). The summed E-state index contributed by atoms with van der Waals surface area (Å²) in [5, 5.41) is 3.11. The highest BCUT2D eigenvalue weighted by atomic mass is 16.2. The van der Waals surface area contributed by atoms with Crippen molar-refractivity contribution >= 4 is 11.8 Å². The van der Waals surface area contributed by atoms with Crippen molar-refractivity contribution in [2.75, 3.05) is 19.6 Å². The average Bonchev–Trinajstić information content (AvgIpc) is 3.11. The van der Waals surface area contributed by atoms with Crippen molar-refractivity contribution in [3.63, 3.8) is 0 Å². The molecule has 0 saturated carbocycles. The normalized spacial score (nSPS) is 18.2. The molecule has 5 heteroatoms. The number of fused-ring (bicyclic) bond motifs is 1. The Hall–Kier alpha value is -2.66. The van der Waals surface area contributed by atoms with Gasteiger partial charge in [0.25, 0.3) is 5.91 Å². The van der Waals surface area contributed by atoms with Crippen molar-refractivity contribution in [3.8, 4) is 0 Å². The summed E-state index contributed by atoms with van der Waals surface area (Å²) in [5.41, 5.74) is 5.80. The zero-order chi connectivity index (χ0) is 22.0. The summed E-state index contributed by atoms with van der Waals surface area (Å²) in [5.74, 6) is 0.398. The lowest BCUT2D eigenvalue weighted by molar-refractivity contribution is -0.125. The summed E-state index contributed by atoms with van der Waals surface area (Å²) in [7, 11) is 0. The predicted octanol–water partition coefficient (Wildman–Crippen LogP) is 3.68. The van der Waals surface area contributed by atoms with Gasteiger partial charge in [0.1, 0.15) is 6.04 Å². The number of likely N-dealkylation sites (tertiary alicyclic amines) is 1. The van der Waals surface area contributed by atoms with Crippen LogP contribution in [0.2, 0.25) is 0 Å². The number of rotatable bonds is 6. The van der Waals surface area contributed by atoms with Gasteiger partial charge >= 0.3 is 0 Å². The summed E-state index contributed by atoms with van der Waals surface area (Å²) in [6.07, 6.45) is 2.18. The lowest BCUT2D eigenvalue weighted by Crippen LogP contribution is -2.47. The Labute approximate surface area is 185 Å². The summed E-state index contributed by atoms with van der Waals surface area (Å²) < 4.78 is 0. The molecule has 31 heavy (non-hydrogen) atoms. The molecule has 0 unspecified atom stereocenters. The maximum absolute atomic E-state index is 12.7. The van der Waals surface area contributed by atoms with Gasteiger partial charge in [-0.1, -0.05) is 42.0 Å². The second-order valence-electron chi connectivity index (χ2n) is 9.16. The Balaban J connectivity index is 1.23. The molecule has 2 aliphatic rings. The van der Waals surface area contributed by atoms with Crippen LogP contribution in [0.5, 0.6) is 0 Å². The van der Waals surface area contributed by atoms with Crippen molar-refractivity contribution < 1.29 is 9.59 Å². The van der Waals surface area contributed by atoms with E-state index in [1.807, 2.05) is 31.2 Å². The number of aryl methyl sites for hydroxylation is 2. The van der Waals surface area contributed by atoms with Crippen LogP contribution in [-0.2, 0) is 17.9 Å². The van der Waals surface area contributed by atoms with Crippen molar-refractivity contribution in [2.24, 2.45) is 5.92 Å². The molecule has 5 nitrogen and oxygen atoms in total. The van der Waals surface area contributed by atoms with Crippen molar-refractivity contribution in [2.45, 2.75) is 52.7 Å². The van der Waals surface area contributed by atoms with Gasteiger partial charge in [-0.05, 0) is 75.4 Å². The van der Waals surface area contributed by atoms with E-state index in [9.17, 15) is 9.59 Å². The van der Waals surface area contributed by atoms with Crippen LogP contribution in [0.25, 0.3) is 0 Å². The molecule has 0 aromatic heterocycles. The lowest BCUT2D eigenvalue weighted by Gasteiger charge is -2.33. The summed E-state index contributed by atoms with van der Waals surface area (Å²) in [6.45, 7) is 10.5. The Bertz CT molecular complexity index is 963. The van der Waals surface area contributed by atoms with E-state index >= 15 is 0 Å². The van der Waals surface area contributed by atoms with Gasteiger partial charge in [0, 0.05) is 25.2 Å². The number of hydrogen-bond donors (Lipinski definition) is 1. The molecule has 1 saturated heterocycles. The number of benzene rings is 2. The minimum absolute atomic E-state index is 0.0435. The van der Waals surface area contributed by atoms with Gasteiger partial charge in [-0.15, -0.1) is 0 Å². The second-order valence-corrected chi connectivity index (χ2v) is 9.16. The highest BCUT2D eigenvalue weighted by Gasteiger charge is 2.33. The molecule has 1 atom stereocenters. The number of carbonyl (C=O) groups is 2. The van der Waals surface area contributed by atoms with Crippen LogP contribution in [0.15, 0.2) is 42.5 Å². The quantitative estimate of drug-likeness (QED) is 0.777. The first-order valence-corrected chi connectivity index (χ1v) is 11.4. The van der Waals surface area contributed by atoms with E-state index < -0.39 is 6.04 Å². The number of carbonyl (C=O) groups excluding carboxylic acids is 2. The molecule has 2 amide bonds. The molecular formula is C26H33N3O2. The largest absolute Gasteiger partial charge is 0.354 e. The Kier molecular flexibility index (Phi) is 6.42. The minimum Gasteiger partial charge on any atom is -0.354 e. The van der Waals surface area contributed by atoms with Gasteiger partial charge in [-0.25, -0.2) is 0 Å². The van der Waals surface area contributed by atoms with E-state index in [4.69, 9.17) is 0 Å². The molecule has 1 fully saturated rings. The molecule has 2 aliphatic heterocycles. The standard InChI is InChI=1S/C26H33N3O2/c1-18-8-9-19(2)23(14-18)16-28-12-10-21(11-13-28)15-27-25(30)20(3)29-17-22-6-4-5-7-24(22)26(29)31/h4-9,14,20-21H,10-13,15-17H2,1-3H3,(H,27,30)/t20-/m0/s1. The highest BCUT2D eigenvalue weighted by Crippen LogP contribution is 2.25. The van der Waals surface area contributed by atoms with Gasteiger partial charge in [-0.3, -0.25) is 14.5 Å². The van der Waals surface area contributed by atoms with Crippen LogP contribution in [0.4, 0.5) is 0 Å². The fraction of sp³-hybridized carbons (Fsp3) is 0.462. The van der Waals surface area contributed by atoms with E-state index in [1.165, 1.54) is 16.7 Å². The summed E-state index contributed by atoms with van der Waals surface area (Å²) in [6, 6.07) is 13.8. The first-order valence-electron chi connectivity index (χ1n) is 11.4. The molecule has 0 radical (unpaired) electrons. The average molecular weight is 420 g/mol. The molecule has 0 spiro atoms. The fourth-order valence-corrected chi connectivity index (χ4v) is 4.68. The van der Waals surface area contributed by atoms with Crippen LogP contribution < -0.4 is 5.32 Å². The molecule has 2 heterocycles. The number of hydrogen-bond acceptors (Lipinski definition) is 3. The molecule has 0 aliphatic carbocycles. The van der Waals surface area contributed by atoms with Gasteiger partial charge in [0.2, 0.25) is 5.91 Å². The topological polar surface area (TPSA) is 52.7 Å². The zero-order valence-electron chi connectivity index (χ0n) is 18.9. The Morgan fingerprint density at radius 1 is 1.13 bits per heavy atom. The van der Waals surface area contributed by atoms with E-state index in [0.717, 1.165) is 43.6 Å². The maximum Gasteiger partial charge on any atom is 0.255 e. The molecule has 1 N–H and O–H groups in total. The second kappa shape index (κ2) is 9.23. The first-order chi connectivity index (χ1) is 14.9. The zero-order valence-corrected chi connectivity index (χ0v) is 18.9. The number of piperidine rings is 1. The van der Waals surface area contributed by atoms with E-state index in [-0.39, 0.29) is 11.8 Å². The third-order valence-corrected chi connectivity index (χ3v) is 6.87. The number of nitrogens with one attached hydrogen (secondary N) is 1. The predicted molar refractivity (Wildman–Crippen MR) is 123 cm³/mol. The highest BCUT2D eigenvalue weighted by molar-refractivity contribution is 6.01. The number of nitrogens with zero attached hydrogens (tertiary/aromatic N) is 2. The third kappa shape index (κ3) is 4.82. The van der Waals surface area contributed by atoms with Gasteiger partial charge in [0.15, 0.2) is 0 Å². The smallest absolute Gasteiger partial charge is 0.255 e. The van der Waals surface area contributed by atoms with Crippen LogP contribution in [0.3, 0.4) is 0 Å². The van der Waals surface area contributed by atoms with E-state index in [0.29, 0.717) is 19.0 Å². The Morgan fingerprint density at radius 2 is 1.87 bits per heavy atom. The van der Waals surface area contributed by atoms with Gasteiger partial charge < -0.3 is 10.2 Å². The van der Waals surface area contributed by atoms with Crippen molar-refractivity contribution in [1.82, 2.24) is 15.1 Å². The molecule has 164 valence electrons. The molecule has 2 aromatic rings. The SMILES string of the molecule is Cc1ccc(C)c(CN2CCC(CNC(=O)[C@H](C)N3Cc4ccccc4C3=O)CC2)c1. The summed E-state index contributed by atoms with van der Waals surface area (Å²) in [4.78, 5) is 29.5. The van der Waals surface area contributed by atoms with E-state index in [2.05, 4.69) is 42.3 Å². The minimum atomic E-state index is -0.454. The van der Waals surface area contributed by atoms with Crippen molar-refractivity contribution in [1.29, 1.82) is 0 Å². The van der Waals surface area contributed by atoms with Crippen LogP contribution in [0, 0.1) is 19.8 Å². The summed E-state index contributed by atoms with van der Waals surface area (Å²) >= 11 is 0. The van der Waals surface area contributed by atoms with Crippen LogP contribution in [-0.4, -0.2) is 47.3 Å². The van der Waals surface area contributed by atoms with Crippen LogP contribution >= 0.6 is 0 Å². The van der Waals surface area contributed by atoms with Gasteiger partial charge in [-0.2, -0.15) is 0 Å². The van der Waals surface area contributed by atoms with Gasteiger partial charge in [0.05, 0.1) is 0 Å². The third-order valence-electron chi connectivity index (χ3n) is 6.87. The number of amides is 2. The molecular weight excluding hydrogens is 386 g/mol.